The van der Waals surface area contributed by atoms with E-state index in [0.717, 1.165) is 18.7 Å². The highest BCUT2D eigenvalue weighted by atomic mass is 127. The Morgan fingerprint density at radius 1 is 1.10 bits per heavy atom. The molecule has 0 saturated heterocycles. The Morgan fingerprint density at radius 2 is 1.80 bits per heavy atom. The van der Waals surface area contributed by atoms with Crippen molar-refractivity contribution >= 4 is 22.6 Å². The number of benzene rings is 2. The van der Waals surface area contributed by atoms with Gasteiger partial charge in [-0.2, -0.15) is 0 Å². The molecule has 3 heteroatoms. The minimum atomic E-state index is 0.170. The van der Waals surface area contributed by atoms with Gasteiger partial charge in [0.1, 0.15) is 5.75 Å². The van der Waals surface area contributed by atoms with Crippen molar-refractivity contribution in [3.05, 3.63) is 63.2 Å². The van der Waals surface area contributed by atoms with Crippen molar-refractivity contribution in [1.82, 2.24) is 5.32 Å². The average molecular weight is 381 g/mol. The smallest absolute Gasteiger partial charge is 0.123 e. The summed E-state index contributed by atoms with van der Waals surface area (Å²) in [7, 11) is 1.73. The molecule has 106 valence electrons. The standard InChI is InChI=1S/C17H20INO/c1-3-12-19-17(13-8-10-14(18)11-9-13)15-6-4-5-7-16(15)20-2/h4-11,17,19H,3,12H2,1-2H3. The number of rotatable bonds is 6. The van der Waals surface area contributed by atoms with Crippen LogP contribution in [0.2, 0.25) is 0 Å². The summed E-state index contributed by atoms with van der Waals surface area (Å²) < 4.78 is 6.76. The van der Waals surface area contributed by atoms with Crippen molar-refractivity contribution in [2.75, 3.05) is 13.7 Å². The van der Waals surface area contributed by atoms with Crippen LogP contribution in [-0.4, -0.2) is 13.7 Å². The number of ether oxygens (including phenoxy) is 1. The van der Waals surface area contributed by atoms with E-state index in [4.69, 9.17) is 4.74 Å². The van der Waals surface area contributed by atoms with Gasteiger partial charge in [0, 0.05) is 9.13 Å². The molecule has 0 heterocycles. The van der Waals surface area contributed by atoms with E-state index in [1.54, 1.807) is 7.11 Å². The van der Waals surface area contributed by atoms with Gasteiger partial charge in [-0.25, -0.2) is 0 Å². The molecule has 0 aliphatic carbocycles. The second-order valence-electron chi connectivity index (χ2n) is 4.68. The first kappa shape index (κ1) is 15.3. The van der Waals surface area contributed by atoms with Gasteiger partial charge in [0.25, 0.3) is 0 Å². The van der Waals surface area contributed by atoms with E-state index >= 15 is 0 Å². The molecule has 0 saturated carbocycles. The van der Waals surface area contributed by atoms with E-state index in [2.05, 4.69) is 71.2 Å². The van der Waals surface area contributed by atoms with Crippen molar-refractivity contribution in [2.24, 2.45) is 0 Å². The Hall–Kier alpha value is -1.07. The SMILES string of the molecule is CCCNC(c1ccc(I)cc1)c1ccccc1OC. The number of nitrogens with one attached hydrogen (secondary N) is 1. The highest BCUT2D eigenvalue weighted by molar-refractivity contribution is 14.1. The maximum Gasteiger partial charge on any atom is 0.123 e. The fraction of sp³-hybridized carbons (Fsp3) is 0.294. The van der Waals surface area contributed by atoms with Crippen LogP contribution < -0.4 is 10.1 Å². The van der Waals surface area contributed by atoms with Crippen LogP contribution in [0.25, 0.3) is 0 Å². The van der Waals surface area contributed by atoms with Crippen LogP contribution in [0.5, 0.6) is 5.75 Å². The molecular weight excluding hydrogens is 361 g/mol. The lowest BCUT2D eigenvalue weighted by Crippen LogP contribution is -2.23. The summed E-state index contributed by atoms with van der Waals surface area (Å²) in [6.07, 6.45) is 1.11. The first-order chi connectivity index (χ1) is 9.76. The van der Waals surface area contributed by atoms with Gasteiger partial charge in [-0.1, -0.05) is 37.3 Å². The van der Waals surface area contributed by atoms with Crippen molar-refractivity contribution in [3.63, 3.8) is 0 Å². The van der Waals surface area contributed by atoms with E-state index in [-0.39, 0.29) is 6.04 Å². The number of para-hydroxylation sites is 1. The molecule has 2 aromatic carbocycles. The molecule has 0 fully saturated rings. The minimum Gasteiger partial charge on any atom is -0.496 e. The topological polar surface area (TPSA) is 21.3 Å². The number of hydrogen-bond acceptors (Lipinski definition) is 2. The van der Waals surface area contributed by atoms with Crippen LogP contribution in [0.4, 0.5) is 0 Å². The third kappa shape index (κ3) is 3.73. The Bertz CT molecular complexity index is 539. The Kier molecular flexibility index (Phi) is 5.86. The summed E-state index contributed by atoms with van der Waals surface area (Å²) in [6.45, 7) is 3.16. The Balaban J connectivity index is 2.38. The van der Waals surface area contributed by atoms with E-state index in [9.17, 15) is 0 Å². The van der Waals surface area contributed by atoms with Crippen LogP contribution in [0, 0.1) is 3.57 Å². The molecule has 2 rings (SSSR count). The summed E-state index contributed by atoms with van der Waals surface area (Å²) in [5, 5.41) is 3.61. The van der Waals surface area contributed by atoms with Crippen molar-refractivity contribution < 1.29 is 4.74 Å². The molecule has 0 aliphatic heterocycles. The Labute approximate surface area is 134 Å². The first-order valence-corrected chi connectivity index (χ1v) is 7.96. The van der Waals surface area contributed by atoms with Gasteiger partial charge in [0.05, 0.1) is 13.2 Å². The van der Waals surface area contributed by atoms with Crippen molar-refractivity contribution in [3.8, 4) is 5.75 Å². The largest absolute Gasteiger partial charge is 0.496 e. The van der Waals surface area contributed by atoms with E-state index in [0.29, 0.717) is 0 Å². The lowest BCUT2D eigenvalue weighted by atomic mass is 9.97. The monoisotopic (exact) mass is 381 g/mol. The molecule has 0 spiro atoms. The van der Waals surface area contributed by atoms with Crippen LogP contribution in [0.1, 0.15) is 30.5 Å². The molecule has 2 aromatic rings. The van der Waals surface area contributed by atoms with E-state index < -0.39 is 0 Å². The first-order valence-electron chi connectivity index (χ1n) is 6.88. The number of methoxy groups -OCH3 is 1. The normalized spacial score (nSPS) is 12.2. The predicted molar refractivity (Wildman–Crippen MR) is 92.3 cm³/mol. The molecule has 0 radical (unpaired) electrons. The summed E-state index contributed by atoms with van der Waals surface area (Å²) in [5.41, 5.74) is 2.45. The molecule has 0 aliphatic rings. The second-order valence-corrected chi connectivity index (χ2v) is 5.93. The third-order valence-electron chi connectivity index (χ3n) is 3.25. The zero-order valence-electron chi connectivity index (χ0n) is 11.9. The fourth-order valence-corrected chi connectivity index (χ4v) is 2.62. The van der Waals surface area contributed by atoms with Crippen molar-refractivity contribution in [2.45, 2.75) is 19.4 Å². The fourth-order valence-electron chi connectivity index (χ4n) is 2.26. The van der Waals surface area contributed by atoms with Gasteiger partial charge in [0.2, 0.25) is 0 Å². The highest BCUT2D eigenvalue weighted by Gasteiger charge is 2.16. The van der Waals surface area contributed by atoms with Gasteiger partial charge in [0.15, 0.2) is 0 Å². The summed E-state index contributed by atoms with van der Waals surface area (Å²) in [4.78, 5) is 0. The quantitative estimate of drug-likeness (QED) is 0.750. The summed E-state index contributed by atoms with van der Waals surface area (Å²) in [5.74, 6) is 0.930. The molecule has 0 bridgehead atoms. The molecule has 0 amide bonds. The minimum absolute atomic E-state index is 0.170. The average Bonchev–Trinajstić information content (AvgIpc) is 2.50. The van der Waals surface area contributed by atoms with Crippen molar-refractivity contribution in [1.29, 1.82) is 0 Å². The maximum absolute atomic E-state index is 5.51. The second kappa shape index (κ2) is 7.64. The highest BCUT2D eigenvalue weighted by Crippen LogP contribution is 2.30. The Morgan fingerprint density at radius 3 is 2.45 bits per heavy atom. The lowest BCUT2D eigenvalue weighted by molar-refractivity contribution is 0.404. The summed E-state index contributed by atoms with van der Waals surface area (Å²) in [6, 6.07) is 17.0. The van der Waals surface area contributed by atoms with E-state index in [1.807, 2.05) is 12.1 Å². The van der Waals surface area contributed by atoms with Gasteiger partial charge < -0.3 is 10.1 Å². The molecule has 1 atom stereocenters. The van der Waals surface area contributed by atoms with Gasteiger partial charge >= 0.3 is 0 Å². The zero-order valence-corrected chi connectivity index (χ0v) is 14.1. The number of hydrogen-bond donors (Lipinski definition) is 1. The van der Waals surface area contributed by atoms with Gasteiger partial charge in [-0.3, -0.25) is 0 Å². The lowest BCUT2D eigenvalue weighted by Gasteiger charge is -2.21. The van der Waals surface area contributed by atoms with Crippen LogP contribution >= 0.6 is 22.6 Å². The molecular formula is C17H20INO. The molecule has 1 N–H and O–H groups in total. The van der Waals surface area contributed by atoms with Gasteiger partial charge in [-0.15, -0.1) is 0 Å². The van der Waals surface area contributed by atoms with Crippen LogP contribution in [-0.2, 0) is 0 Å². The number of halogens is 1. The molecule has 2 nitrogen and oxygen atoms in total. The predicted octanol–water partition coefficient (Wildman–Crippen LogP) is 4.39. The molecule has 1 unspecified atom stereocenters. The zero-order chi connectivity index (χ0) is 14.4. The van der Waals surface area contributed by atoms with Crippen LogP contribution in [0.15, 0.2) is 48.5 Å². The van der Waals surface area contributed by atoms with E-state index in [1.165, 1.54) is 14.7 Å². The van der Waals surface area contributed by atoms with Gasteiger partial charge in [-0.05, 0) is 59.3 Å². The van der Waals surface area contributed by atoms with Crippen LogP contribution in [0.3, 0.4) is 0 Å². The maximum atomic E-state index is 5.51. The third-order valence-corrected chi connectivity index (χ3v) is 3.97. The molecule has 20 heavy (non-hydrogen) atoms. The summed E-state index contributed by atoms with van der Waals surface area (Å²) >= 11 is 2.33. The molecule has 0 aromatic heterocycles.